The van der Waals surface area contributed by atoms with Gasteiger partial charge in [0.2, 0.25) is 0 Å². The van der Waals surface area contributed by atoms with E-state index in [0.717, 1.165) is 0 Å². The van der Waals surface area contributed by atoms with Gasteiger partial charge in [-0.2, -0.15) is 0 Å². The van der Waals surface area contributed by atoms with Gasteiger partial charge in [-0.1, -0.05) is 19.9 Å². The summed E-state index contributed by atoms with van der Waals surface area (Å²) < 4.78 is 4.63. The molecule has 0 saturated carbocycles. The van der Waals surface area contributed by atoms with Crippen LogP contribution in [0.4, 0.5) is 0 Å². The third-order valence-corrected chi connectivity index (χ3v) is 1.29. The van der Waals surface area contributed by atoms with Gasteiger partial charge in [0.25, 0.3) is 0 Å². The van der Waals surface area contributed by atoms with Gasteiger partial charge in [0.05, 0.1) is 6.61 Å². The zero-order chi connectivity index (χ0) is 10.3. The van der Waals surface area contributed by atoms with Gasteiger partial charge in [-0.05, 0) is 18.9 Å². The van der Waals surface area contributed by atoms with Crippen LogP contribution in [-0.4, -0.2) is 18.4 Å². The Balaban J connectivity index is 3.81. The molecule has 0 aliphatic rings. The third-order valence-electron chi connectivity index (χ3n) is 1.29. The van der Waals surface area contributed by atoms with Gasteiger partial charge in [0.15, 0.2) is 5.78 Å². The molecule has 0 aromatic rings. The first-order valence-electron chi connectivity index (χ1n) is 4.43. The van der Waals surface area contributed by atoms with Crippen molar-refractivity contribution in [2.24, 2.45) is 5.92 Å². The number of hydrogen-bond donors (Lipinski definition) is 0. The van der Waals surface area contributed by atoms with Crippen LogP contribution in [0.25, 0.3) is 0 Å². The molecule has 3 nitrogen and oxygen atoms in total. The van der Waals surface area contributed by atoms with Gasteiger partial charge in [-0.3, -0.25) is 9.59 Å². The lowest BCUT2D eigenvalue weighted by molar-refractivity contribution is -0.144. The van der Waals surface area contributed by atoms with E-state index in [9.17, 15) is 9.59 Å². The molecular weight excluding hydrogens is 168 g/mol. The van der Waals surface area contributed by atoms with Crippen LogP contribution in [0.1, 0.15) is 27.2 Å². The van der Waals surface area contributed by atoms with Crippen molar-refractivity contribution >= 4 is 11.8 Å². The molecule has 13 heavy (non-hydrogen) atoms. The largest absolute Gasteiger partial charge is 0.466 e. The maximum Gasteiger partial charge on any atom is 0.313 e. The highest BCUT2D eigenvalue weighted by molar-refractivity contribution is 6.01. The topological polar surface area (TPSA) is 43.4 Å². The molecule has 0 fully saturated rings. The highest BCUT2D eigenvalue weighted by Gasteiger charge is 2.06. The van der Waals surface area contributed by atoms with Gasteiger partial charge in [0, 0.05) is 0 Å². The Hall–Kier alpha value is -1.12. The third kappa shape index (κ3) is 7.25. The maximum absolute atomic E-state index is 11.0. The second-order valence-electron chi connectivity index (χ2n) is 3.05. The standard InChI is InChI=1S/C10H16O3/c1-4-13-10(12)7-9(11)6-5-8(2)3/h5-6,8H,4,7H2,1-3H3. The molecule has 0 N–H and O–H groups in total. The van der Waals surface area contributed by atoms with Crippen LogP contribution in [0, 0.1) is 5.92 Å². The minimum absolute atomic E-state index is 0.156. The summed E-state index contributed by atoms with van der Waals surface area (Å²) in [5.41, 5.74) is 0. The molecule has 0 heterocycles. The van der Waals surface area contributed by atoms with Crippen molar-refractivity contribution in [3.63, 3.8) is 0 Å². The molecule has 0 aromatic heterocycles. The first-order valence-corrected chi connectivity index (χ1v) is 4.43. The van der Waals surface area contributed by atoms with Crippen molar-refractivity contribution in [3.8, 4) is 0 Å². The maximum atomic E-state index is 11.0. The summed E-state index contributed by atoms with van der Waals surface area (Å²) >= 11 is 0. The number of ketones is 1. The number of rotatable bonds is 5. The Morgan fingerprint density at radius 1 is 1.38 bits per heavy atom. The Morgan fingerprint density at radius 2 is 2.00 bits per heavy atom. The second kappa shape index (κ2) is 6.40. The lowest BCUT2D eigenvalue weighted by Crippen LogP contribution is -2.09. The summed E-state index contributed by atoms with van der Waals surface area (Å²) in [6.45, 7) is 5.97. The van der Waals surface area contributed by atoms with Crippen molar-refractivity contribution in [2.75, 3.05) is 6.61 Å². The SMILES string of the molecule is CCOC(=O)CC(=O)C=CC(C)C. The summed E-state index contributed by atoms with van der Waals surface area (Å²) in [6, 6.07) is 0. The van der Waals surface area contributed by atoms with Gasteiger partial charge in [-0.15, -0.1) is 0 Å². The highest BCUT2D eigenvalue weighted by Crippen LogP contribution is 1.96. The molecule has 0 rings (SSSR count). The van der Waals surface area contributed by atoms with E-state index in [-0.39, 0.29) is 12.2 Å². The quantitative estimate of drug-likeness (QED) is 0.371. The minimum Gasteiger partial charge on any atom is -0.466 e. The van der Waals surface area contributed by atoms with Crippen molar-refractivity contribution in [1.29, 1.82) is 0 Å². The zero-order valence-electron chi connectivity index (χ0n) is 8.37. The number of carbonyl (C=O) groups is 2. The molecule has 0 aromatic carbocycles. The Kier molecular flexibility index (Phi) is 5.85. The van der Waals surface area contributed by atoms with Crippen molar-refractivity contribution in [2.45, 2.75) is 27.2 Å². The first-order chi connectivity index (χ1) is 6.06. The van der Waals surface area contributed by atoms with E-state index < -0.39 is 5.97 Å². The van der Waals surface area contributed by atoms with Crippen LogP contribution in [0.2, 0.25) is 0 Å². The fourth-order valence-electron chi connectivity index (χ4n) is 0.713. The van der Waals surface area contributed by atoms with Crippen LogP contribution in [0.3, 0.4) is 0 Å². The normalized spacial score (nSPS) is 10.8. The highest BCUT2D eigenvalue weighted by atomic mass is 16.5. The van der Waals surface area contributed by atoms with E-state index in [0.29, 0.717) is 12.5 Å². The Labute approximate surface area is 78.8 Å². The average molecular weight is 184 g/mol. The van der Waals surface area contributed by atoms with E-state index in [4.69, 9.17) is 0 Å². The number of esters is 1. The fraction of sp³-hybridized carbons (Fsp3) is 0.600. The summed E-state index contributed by atoms with van der Waals surface area (Å²) in [5, 5.41) is 0. The average Bonchev–Trinajstić information content (AvgIpc) is 2.01. The number of allylic oxidation sites excluding steroid dienone is 2. The molecule has 0 atom stereocenters. The summed E-state index contributed by atoms with van der Waals surface area (Å²) in [6.07, 6.45) is 3.04. The van der Waals surface area contributed by atoms with Gasteiger partial charge < -0.3 is 4.74 Å². The molecule has 0 bridgehead atoms. The molecule has 0 aliphatic carbocycles. The van der Waals surface area contributed by atoms with E-state index in [2.05, 4.69) is 4.74 Å². The molecule has 3 heteroatoms. The molecule has 0 amide bonds. The lowest BCUT2D eigenvalue weighted by Gasteiger charge is -1.98. The molecule has 0 aliphatic heterocycles. The van der Waals surface area contributed by atoms with E-state index in [1.165, 1.54) is 6.08 Å². The van der Waals surface area contributed by atoms with Crippen LogP contribution < -0.4 is 0 Å². The summed E-state index contributed by atoms with van der Waals surface area (Å²) in [7, 11) is 0. The van der Waals surface area contributed by atoms with Crippen molar-refractivity contribution < 1.29 is 14.3 Å². The Bertz CT molecular complexity index is 204. The minimum atomic E-state index is -0.457. The fourth-order valence-corrected chi connectivity index (χ4v) is 0.713. The molecule has 0 spiro atoms. The number of carbonyl (C=O) groups excluding carboxylic acids is 2. The molecule has 74 valence electrons. The predicted molar refractivity (Wildman–Crippen MR) is 50.2 cm³/mol. The number of ether oxygens (including phenoxy) is 1. The van der Waals surface area contributed by atoms with E-state index >= 15 is 0 Å². The smallest absolute Gasteiger partial charge is 0.313 e. The van der Waals surface area contributed by atoms with Crippen molar-refractivity contribution in [1.82, 2.24) is 0 Å². The molecule has 0 saturated heterocycles. The van der Waals surface area contributed by atoms with Crippen LogP contribution in [-0.2, 0) is 14.3 Å². The number of hydrogen-bond acceptors (Lipinski definition) is 3. The molecular formula is C10H16O3. The van der Waals surface area contributed by atoms with Gasteiger partial charge >= 0.3 is 5.97 Å². The lowest BCUT2D eigenvalue weighted by atomic mass is 10.1. The monoisotopic (exact) mass is 184 g/mol. The summed E-state index contributed by atoms with van der Waals surface area (Å²) in [5.74, 6) is -0.334. The van der Waals surface area contributed by atoms with E-state index in [1.807, 2.05) is 13.8 Å². The summed E-state index contributed by atoms with van der Waals surface area (Å²) in [4.78, 5) is 21.9. The van der Waals surface area contributed by atoms with Gasteiger partial charge in [0.1, 0.15) is 6.42 Å². The predicted octanol–water partition coefficient (Wildman–Crippen LogP) is 1.72. The van der Waals surface area contributed by atoms with Crippen LogP contribution in [0.5, 0.6) is 0 Å². The molecule has 0 unspecified atom stereocenters. The van der Waals surface area contributed by atoms with E-state index in [1.54, 1.807) is 13.0 Å². The molecule has 0 radical (unpaired) electrons. The zero-order valence-corrected chi connectivity index (χ0v) is 8.37. The second-order valence-corrected chi connectivity index (χ2v) is 3.05. The van der Waals surface area contributed by atoms with Crippen LogP contribution >= 0.6 is 0 Å². The van der Waals surface area contributed by atoms with Crippen molar-refractivity contribution in [3.05, 3.63) is 12.2 Å². The van der Waals surface area contributed by atoms with Crippen LogP contribution in [0.15, 0.2) is 12.2 Å². The van der Waals surface area contributed by atoms with Gasteiger partial charge in [-0.25, -0.2) is 0 Å². The Morgan fingerprint density at radius 3 is 2.46 bits per heavy atom. The first kappa shape index (κ1) is 11.9.